The lowest BCUT2D eigenvalue weighted by Gasteiger charge is -2.63. The predicted molar refractivity (Wildman–Crippen MR) is 113 cm³/mol. The summed E-state index contributed by atoms with van der Waals surface area (Å²) in [4.78, 5) is 18.4. The Morgan fingerprint density at radius 2 is 2.07 bits per heavy atom. The number of carbonyl (C=O) groups is 1. The van der Waals surface area contributed by atoms with E-state index in [0.29, 0.717) is 24.6 Å². The lowest BCUT2D eigenvalue weighted by Crippen LogP contribution is -2.72. The summed E-state index contributed by atoms with van der Waals surface area (Å²) in [5.41, 5.74) is 1.41. The van der Waals surface area contributed by atoms with Crippen molar-refractivity contribution in [2.45, 2.75) is 44.4 Å². The molecule has 1 aromatic rings. The van der Waals surface area contributed by atoms with Gasteiger partial charge in [-0.1, -0.05) is 34.5 Å². The molecule has 0 bridgehead atoms. The minimum atomic E-state index is 0.0344. The van der Waals surface area contributed by atoms with Gasteiger partial charge in [-0.05, 0) is 37.0 Å². The molecular weight excluding hydrogens is 420 g/mol. The van der Waals surface area contributed by atoms with Crippen molar-refractivity contribution in [3.63, 3.8) is 0 Å². The van der Waals surface area contributed by atoms with Crippen LogP contribution in [0.5, 0.6) is 0 Å². The highest BCUT2D eigenvalue weighted by Crippen LogP contribution is 2.62. The van der Waals surface area contributed by atoms with E-state index in [1.165, 1.54) is 19.3 Å². The van der Waals surface area contributed by atoms with Crippen LogP contribution in [0.2, 0.25) is 0 Å². The zero-order chi connectivity index (χ0) is 19.7. The third kappa shape index (κ3) is 3.66. The van der Waals surface area contributed by atoms with Gasteiger partial charge in [0.2, 0.25) is 5.91 Å². The van der Waals surface area contributed by atoms with E-state index in [2.05, 4.69) is 38.7 Å². The van der Waals surface area contributed by atoms with Gasteiger partial charge in [0, 0.05) is 42.5 Å². The van der Waals surface area contributed by atoms with Gasteiger partial charge in [-0.15, -0.1) is 0 Å². The first kappa shape index (κ1) is 19.7. The largest absolute Gasteiger partial charge is 0.377 e. The van der Waals surface area contributed by atoms with Gasteiger partial charge >= 0.3 is 0 Å². The van der Waals surface area contributed by atoms with Crippen LogP contribution < -0.4 is 10.6 Å². The summed E-state index contributed by atoms with van der Waals surface area (Å²) in [6.45, 7) is 1.68. The van der Waals surface area contributed by atoms with Gasteiger partial charge in [0.05, 0.1) is 19.2 Å². The van der Waals surface area contributed by atoms with Crippen molar-refractivity contribution >= 4 is 27.8 Å². The molecule has 3 atom stereocenters. The summed E-state index contributed by atoms with van der Waals surface area (Å²) in [6, 6.07) is 8.56. The van der Waals surface area contributed by atoms with Gasteiger partial charge in [0.25, 0.3) is 0 Å². The van der Waals surface area contributed by atoms with Gasteiger partial charge in [-0.25, -0.2) is 4.99 Å². The SMILES string of the molecule is CN(C)C(=O)CNC(=NCc1ccc(Br)cc1)NC1C2CCOC2C12CCC2. The molecule has 1 aromatic carbocycles. The molecule has 3 aliphatic rings. The molecule has 2 N–H and O–H groups in total. The lowest BCUT2D eigenvalue weighted by molar-refractivity contribution is -0.171. The molecule has 3 unspecified atom stereocenters. The predicted octanol–water partition coefficient (Wildman–Crippen LogP) is 2.53. The number of guanidine groups is 1. The molecule has 2 saturated carbocycles. The summed E-state index contributed by atoms with van der Waals surface area (Å²) < 4.78 is 7.08. The highest BCUT2D eigenvalue weighted by molar-refractivity contribution is 9.10. The number of ether oxygens (including phenoxy) is 1. The molecule has 1 amide bonds. The van der Waals surface area contributed by atoms with Crippen LogP contribution in [-0.2, 0) is 16.1 Å². The summed E-state index contributed by atoms with van der Waals surface area (Å²) >= 11 is 3.47. The quantitative estimate of drug-likeness (QED) is 0.536. The zero-order valence-corrected chi connectivity index (χ0v) is 18.2. The van der Waals surface area contributed by atoms with Crippen molar-refractivity contribution < 1.29 is 9.53 Å². The minimum Gasteiger partial charge on any atom is -0.377 e. The lowest BCUT2D eigenvalue weighted by atomic mass is 9.46. The van der Waals surface area contributed by atoms with E-state index >= 15 is 0 Å². The number of hydrogen-bond acceptors (Lipinski definition) is 3. The van der Waals surface area contributed by atoms with Crippen molar-refractivity contribution in [2.24, 2.45) is 16.3 Å². The number of hydrogen-bond donors (Lipinski definition) is 2. The van der Waals surface area contributed by atoms with E-state index in [0.717, 1.165) is 29.0 Å². The maximum atomic E-state index is 12.1. The molecule has 6 nitrogen and oxygen atoms in total. The number of aliphatic imine (C=N–C) groups is 1. The van der Waals surface area contributed by atoms with Gasteiger partial charge < -0.3 is 20.3 Å². The van der Waals surface area contributed by atoms with Crippen LogP contribution in [0.25, 0.3) is 0 Å². The second-order valence-corrected chi connectivity index (χ2v) is 9.30. The number of nitrogens with one attached hydrogen (secondary N) is 2. The highest BCUT2D eigenvalue weighted by atomic mass is 79.9. The Morgan fingerprint density at radius 3 is 2.71 bits per heavy atom. The first-order valence-corrected chi connectivity index (χ1v) is 10.9. The Labute approximate surface area is 175 Å². The van der Waals surface area contributed by atoms with Crippen molar-refractivity contribution in [1.29, 1.82) is 0 Å². The van der Waals surface area contributed by atoms with Crippen molar-refractivity contribution in [3.05, 3.63) is 34.3 Å². The van der Waals surface area contributed by atoms with Gasteiger partial charge in [-0.2, -0.15) is 0 Å². The van der Waals surface area contributed by atoms with E-state index in [1.54, 1.807) is 19.0 Å². The van der Waals surface area contributed by atoms with Gasteiger partial charge in [0.1, 0.15) is 0 Å². The van der Waals surface area contributed by atoms with E-state index < -0.39 is 0 Å². The van der Waals surface area contributed by atoms with Gasteiger partial charge in [-0.3, -0.25) is 4.79 Å². The Hall–Kier alpha value is -1.60. The number of benzene rings is 1. The Kier molecular flexibility index (Phi) is 5.65. The first-order valence-electron chi connectivity index (χ1n) is 10.1. The molecule has 1 saturated heterocycles. The van der Waals surface area contributed by atoms with E-state index in [1.807, 2.05) is 12.1 Å². The number of halogens is 1. The maximum absolute atomic E-state index is 12.1. The number of likely N-dealkylation sites (N-methyl/N-ethyl adjacent to an activating group) is 1. The van der Waals surface area contributed by atoms with Crippen LogP contribution in [0.1, 0.15) is 31.2 Å². The van der Waals surface area contributed by atoms with E-state index in [9.17, 15) is 4.79 Å². The number of nitrogens with zero attached hydrogens (tertiary/aromatic N) is 2. The molecule has 3 fully saturated rings. The highest BCUT2D eigenvalue weighted by Gasteiger charge is 2.66. The second kappa shape index (κ2) is 8.03. The fourth-order valence-corrected chi connectivity index (χ4v) is 5.10. The average molecular weight is 449 g/mol. The molecule has 0 aromatic heterocycles. The number of rotatable bonds is 5. The second-order valence-electron chi connectivity index (χ2n) is 8.39. The molecule has 7 heteroatoms. The summed E-state index contributed by atoms with van der Waals surface area (Å²) in [5, 5.41) is 6.92. The van der Waals surface area contributed by atoms with Crippen LogP contribution in [0.3, 0.4) is 0 Å². The molecular formula is C21H29BrN4O2. The summed E-state index contributed by atoms with van der Waals surface area (Å²) in [6.07, 6.45) is 5.25. The Bertz CT molecular complexity index is 745. The van der Waals surface area contributed by atoms with Crippen molar-refractivity contribution in [1.82, 2.24) is 15.5 Å². The number of carbonyl (C=O) groups excluding carboxylic acids is 1. The molecule has 1 spiro atoms. The monoisotopic (exact) mass is 448 g/mol. The third-order valence-electron chi connectivity index (χ3n) is 6.57. The van der Waals surface area contributed by atoms with E-state index in [-0.39, 0.29) is 17.9 Å². The average Bonchev–Trinajstić information content (AvgIpc) is 3.05. The van der Waals surface area contributed by atoms with Crippen LogP contribution in [0, 0.1) is 11.3 Å². The molecule has 28 heavy (non-hydrogen) atoms. The standard InChI is InChI=1S/C21H29BrN4O2/c1-26(2)17(27)13-24-20(23-12-14-4-6-15(22)7-5-14)25-18-16-8-11-28-19(16)21(18)9-3-10-21/h4-7,16,18-19H,3,8-13H2,1-2H3,(H2,23,24,25). The van der Waals surface area contributed by atoms with Crippen LogP contribution in [-0.4, -0.2) is 56.2 Å². The smallest absolute Gasteiger partial charge is 0.241 e. The van der Waals surface area contributed by atoms with Crippen LogP contribution in [0.4, 0.5) is 0 Å². The molecule has 4 rings (SSSR count). The van der Waals surface area contributed by atoms with Crippen LogP contribution in [0.15, 0.2) is 33.7 Å². The Balaban J connectivity index is 1.46. The summed E-state index contributed by atoms with van der Waals surface area (Å²) in [7, 11) is 3.54. The first-order chi connectivity index (χ1) is 13.5. The fraction of sp³-hybridized carbons (Fsp3) is 0.619. The third-order valence-corrected chi connectivity index (χ3v) is 7.10. The number of fused-ring (bicyclic) bond motifs is 2. The summed E-state index contributed by atoms with van der Waals surface area (Å²) in [5.74, 6) is 1.32. The van der Waals surface area contributed by atoms with Crippen molar-refractivity contribution in [2.75, 3.05) is 27.2 Å². The molecule has 0 radical (unpaired) electrons. The number of amides is 1. The minimum absolute atomic E-state index is 0.0344. The van der Waals surface area contributed by atoms with E-state index in [4.69, 9.17) is 9.73 Å². The topological polar surface area (TPSA) is 66.0 Å². The molecule has 2 aliphatic carbocycles. The molecule has 152 valence electrons. The van der Waals surface area contributed by atoms with Gasteiger partial charge in [0.15, 0.2) is 5.96 Å². The fourth-order valence-electron chi connectivity index (χ4n) is 4.83. The normalized spacial score (nSPS) is 27.5. The van der Waals surface area contributed by atoms with Crippen LogP contribution >= 0.6 is 15.9 Å². The molecule has 1 heterocycles. The molecule has 1 aliphatic heterocycles. The zero-order valence-electron chi connectivity index (χ0n) is 16.6. The Morgan fingerprint density at radius 1 is 1.32 bits per heavy atom. The van der Waals surface area contributed by atoms with Crippen molar-refractivity contribution in [3.8, 4) is 0 Å². The maximum Gasteiger partial charge on any atom is 0.241 e.